The number of nitrogens with one attached hydrogen (secondary N) is 1. The van der Waals surface area contributed by atoms with Crippen LogP contribution in [0, 0.1) is 10.1 Å². The molecule has 122 valence electrons. The van der Waals surface area contributed by atoms with E-state index in [9.17, 15) is 24.8 Å². The van der Waals surface area contributed by atoms with Gasteiger partial charge in [0.25, 0.3) is 11.6 Å². The van der Waals surface area contributed by atoms with Crippen molar-refractivity contribution in [2.75, 3.05) is 13.2 Å². The molecule has 2 rings (SSSR count). The predicted octanol–water partition coefficient (Wildman–Crippen LogP) is 1.61. The summed E-state index contributed by atoms with van der Waals surface area (Å²) < 4.78 is 5.16. The molecule has 9 heteroatoms. The molecule has 23 heavy (non-hydrogen) atoms. The van der Waals surface area contributed by atoms with E-state index >= 15 is 0 Å². The number of nitro groups is 1. The quantitative estimate of drug-likeness (QED) is 0.368. The molecule has 1 aromatic rings. The van der Waals surface area contributed by atoms with Gasteiger partial charge in [-0.2, -0.15) is 0 Å². The maximum absolute atomic E-state index is 12.0. The standard InChI is InChI=1S/C14H15N3O6/c1-3-16-13(19)10(15-14(16)20)6-8-5-9(17(21)22)7-11(12(8)18)23-4-2/h5-7,18H,3-4H2,1-2H3,(H,15,20)/b10-6+. The third-order valence-electron chi connectivity index (χ3n) is 3.18. The van der Waals surface area contributed by atoms with Crippen molar-refractivity contribution < 1.29 is 24.4 Å². The van der Waals surface area contributed by atoms with Crippen molar-refractivity contribution in [3.63, 3.8) is 0 Å². The van der Waals surface area contributed by atoms with Crippen LogP contribution in [-0.4, -0.2) is 40.0 Å². The molecule has 1 aromatic carbocycles. The fourth-order valence-electron chi connectivity index (χ4n) is 2.11. The number of carbonyl (C=O) groups excluding carboxylic acids is 2. The summed E-state index contributed by atoms with van der Waals surface area (Å²) in [6.45, 7) is 3.69. The van der Waals surface area contributed by atoms with Crippen molar-refractivity contribution in [2.45, 2.75) is 13.8 Å². The summed E-state index contributed by atoms with van der Waals surface area (Å²) >= 11 is 0. The second-order valence-electron chi connectivity index (χ2n) is 4.61. The first-order valence-electron chi connectivity index (χ1n) is 6.87. The van der Waals surface area contributed by atoms with Gasteiger partial charge in [-0.1, -0.05) is 0 Å². The fraction of sp³-hybridized carbons (Fsp3) is 0.286. The molecular formula is C14H15N3O6. The second-order valence-corrected chi connectivity index (χ2v) is 4.61. The minimum absolute atomic E-state index is 0.00394. The Hall–Kier alpha value is -3.10. The van der Waals surface area contributed by atoms with Crippen LogP contribution in [0.2, 0.25) is 0 Å². The molecule has 0 saturated carbocycles. The largest absolute Gasteiger partial charge is 0.504 e. The van der Waals surface area contributed by atoms with Gasteiger partial charge < -0.3 is 15.2 Å². The van der Waals surface area contributed by atoms with Crippen LogP contribution >= 0.6 is 0 Å². The molecule has 0 aliphatic carbocycles. The van der Waals surface area contributed by atoms with Crippen LogP contribution in [0.4, 0.5) is 10.5 Å². The lowest BCUT2D eigenvalue weighted by Gasteiger charge is -2.09. The SMILES string of the molecule is CCOc1cc([N+](=O)[O-])cc(/C=C2/NC(=O)N(CC)C2=O)c1O. The van der Waals surface area contributed by atoms with Crippen molar-refractivity contribution in [2.24, 2.45) is 0 Å². The highest BCUT2D eigenvalue weighted by Crippen LogP contribution is 2.36. The predicted molar refractivity (Wildman–Crippen MR) is 79.8 cm³/mol. The summed E-state index contributed by atoms with van der Waals surface area (Å²) in [5, 5.41) is 23.5. The Morgan fingerprint density at radius 2 is 2.09 bits per heavy atom. The number of amides is 3. The molecule has 0 aromatic heterocycles. The van der Waals surface area contributed by atoms with Gasteiger partial charge in [0.15, 0.2) is 11.5 Å². The number of hydrogen-bond donors (Lipinski definition) is 2. The average molecular weight is 321 g/mol. The lowest BCUT2D eigenvalue weighted by molar-refractivity contribution is -0.385. The highest BCUT2D eigenvalue weighted by molar-refractivity contribution is 6.14. The first-order valence-corrected chi connectivity index (χ1v) is 6.87. The van der Waals surface area contributed by atoms with Crippen LogP contribution in [0.5, 0.6) is 11.5 Å². The summed E-state index contributed by atoms with van der Waals surface area (Å²) in [5.74, 6) is -0.985. The summed E-state index contributed by atoms with van der Waals surface area (Å²) in [7, 11) is 0. The van der Waals surface area contributed by atoms with Crippen molar-refractivity contribution in [3.05, 3.63) is 33.5 Å². The van der Waals surface area contributed by atoms with Crippen LogP contribution in [0.3, 0.4) is 0 Å². The number of non-ortho nitro benzene ring substituents is 1. The number of benzene rings is 1. The Balaban J connectivity index is 2.51. The fourth-order valence-corrected chi connectivity index (χ4v) is 2.11. The van der Waals surface area contributed by atoms with E-state index in [1.165, 1.54) is 6.08 Å². The zero-order valence-corrected chi connectivity index (χ0v) is 12.5. The van der Waals surface area contributed by atoms with E-state index in [1.807, 2.05) is 0 Å². The molecule has 1 saturated heterocycles. The van der Waals surface area contributed by atoms with E-state index < -0.39 is 16.9 Å². The van der Waals surface area contributed by atoms with Crippen LogP contribution < -0.4 is 10.1 Å². The van der Waals surface area contributed by atoms with Crippen molar-refractivity contribution in [1.29, 1.82) is 0 Å². The molecule has 0 unspecified atom stereocenters. The second kappa shape index (κ2) is 6.34. The first-order chi connectivity index (χ1) is 10.9. The Kier molecular flexibility index (Phi) is 4.49. The first kappa shape index (κ1) is 16.3. The smallest absolute Gasteiger partial charge is 0.328 e. The van der Waals surface area contributed by atoms with Crippen LogP contribution in [0.15, 0.2) is 17.8 Å². The van der Waals surface area contributed by atoms with Gasteiger partial charge in [0.1, 0.15) is 5.70 Å². The number of likely N-dealkylation sites (N-methyl/N-ethyl adjacent to an activating group) is 1. The number of phenolic OH excluding ortho intramolecular Hbond substituents is 1. The highest BCUT2D eigenvalue weighted by atomic mass is 16.6. The summed E-state index contributed by atoms with van der Waals surface area (Å²) in [6, 6.07) is 1.60. The molecule has 1 fully saturated rings. The number of urea groups is 1. The number of ether oxygens (including phenoxy) is 1. The van der Waals surface area contributed by atoms with Crippen LogP contribution in [0.25, 0.3) is 6.08 Å². The monoisotopic (exact) mass is 321 g/mol. The number of nitrogens with zero attached hydrogens (tertiary/aromatic N) is 2. The summed E-state index contributed by atoms with van der Waals surface area (Å²) in [4.78, 5) is 34.9. The number of phenols is 1. The number of imide groups is 1. The Labute approximate surface area is 131 Å². The van der Waals surface area contributed by atoms with Gasteiger partial charge in [-0.3, -0.25) is 19.8 Å². The number of aromatic hydroxyl groups is 1. The molecule has 0 spiro atoms. The zero-order chi connectivity index (χ0) is 17.1. The van der Waals surface area contributed by atoms with E-state index in [0.29, 0.717) is 0 Å². The van der Waals surface area contributed by atoms with Gasteiger partial charge >= 0.3 is 6.03 Å². The van der Waals surface area contributed by atoms with Crippen molar-refractivity contribution in [1.82, 2.24) is 10.2 Å². The number of carbonyl (C=O) groups is 2. The highest BCUT2D eigenvalue weighted by Gasteiger charge is 2.32. The maximum atomic E-state index is 12.0. The molecule has 0 bridgehead atoms. The molecule has 3 amide bonds. The normalized spacial score (nSPS) is 15.9. The number of hydrogen-bond acceptors (Lipinski definition) is 6. The van der Waals surface area contributed by atoms with E-state index in [0.717, 1.165) is 17.0 Å². The number of nitro benzene ring substituents is 1. The Morgan fingerprint density at radius 1 is 1.39 bits per heavy atom. The number of rotatable bonds is 5. The molecule has 1 aliphatic heterocycles. The molecule has 1 heterocycles. The van der Waals surface area contributed by atoms with Gasteiger partial charge in [0, 0.05) is 18.2 Å². The lowest BCUT2D eigenvalue weighted by atomic mass is 10.1. The maximum Gasteiger partial charge on any atom is 0.328 e. The van der Waals surface area contributed by atoms with E-state index in [2.05, 4.69) is 5.32 Å². The average Bonchev–Trinajstić information content (AvgIpc) is 2.76. The van der Waals surface area contributed by atoms with Crippen molar-refractivity contribution >= 4 is 23.7 Å². The Bertz CT molecular complexity index is 713. The van der Waals surface area contributed by atoms with Gasteiger partial charge in [-0.05, 0) is 19.9 Å². The van der Waals surface area contributed by atoms with Gasteiger partial charge in [0.05, 0.1) is 17.6 Å². The van der Waals surface area contributed by atoms with E-state index in [1.54, 1.807) is 13.8 Å². The lowest BCUT2D eigenvalue weighted by Crippen LogP contribution is -2.30. The third kappa shape index (κ3) is 3.07. The summed E-state index contributed by atoms with van der Waals surface area (Å²) in [6.07, 6.45) is 1.18. The van der Waals surface area contributed by atoms with Gasteiger partial charge in [-0.15, -0.1) is 0 Å². The molecule has 9 nitrogen and oxygen atoms in total. The summed E-state index contributed by atoms with van der Waals surface area (Å²) in [5.41, 5.74) is -0.374. The molecule has 1 aliphatic rings. The minimum Gasteiger partial charge on any atom is -0.504 e. The topological polar surface area (TPSA) is 122 Å². The molecule has 0 atom stereocenters. The van der Waals surface area contributed by atoms with Gasteiger partial charge in [0.2, 0.25) is 0 Å². The van der Waals surface area contributed by atoms with Gasteiger partial charge in [-0.25, -0.2) is 4.79 Å². The molecular weight excluding hydrogens is 306 g/mol. The van der Waals surface area contributed by atoms with Crippen molar-refractivity contribution in [3.8, 4) is 11.5 Å². The van der Waals surface area contributed by atoms with Crippen LogP contribution in [-0.2, 0) is 4.79 Å². The van der Waals surface area contributed by atoms with E-state index in [4.69, 9.17) is 4.74 Å². The molecule has 2 N–H and O–H groups in total. The Morgan fingerprint density at radius 3 is 2.61 bits per heavy atom. The molecule has 0 radical (unpaired) electrons. The van der Waals surface area contributed by atoms with Crippen LogP contribution in [0.1, 0.15) is 19.4 Å². The third-order valence-corrected chi connectivity index (χ3v) is 3.18. The zero-order valence-electron chi connectivity index (χ0n) is 12.5. The minimum atomic E-state index is -0.642. The van der Waals surface area contributed by atoms with E-state index in [-0.39, 0.29) is 41.6 Å².